The molecule has 0 unspecified atom stereocenters. The lowest BCUT2D eigenvalue weighted by Gasteiger charge is -2.27. The summed E-state index contributed by atoms with van der Waals surface area (Å²) in [6, 6.07) is 0. The molecule has 0 aliphatic heterocycles. The quantitative estimate of drug-likeness (QED) is 0.727. The molecular formula is C10H14FN3O. The van der Waals surface area contributed by atoms with Gasteiger partial charge >= 0.3 is 0 Å². The first-order chi connectivity index (χ1) is 7.16. The van der Waals surface area contributed by atoms with E-state index in [9.17, 15) is 9.50 Å². The van der Waals surface area contributed by atoms with Gasteiger partial charge in [0.1, 0.15) is 12.0 Å². The van der Waals surface area contributed by atoms with Crippen LogP contribution < -0.4 is 5.73 Å². The van der Waals surface area contributed by atoms with Crippen LogP contribution in [0.25, 0.3) is 0 Å². The van der Waals surface area contributed by atoms with Gasteiger partial charge < -0.3 is 10.8 Å². The first-order valence-electron chi connectivity index (χ1n) is 5.06. The molecule has 82 valence electrons. The maximum atomic E-state index is 13.3. The number of anilines is 1. The number of hydrogen-bond acceptors (Lipinski definition) is 4. The van der Waals surface area contributed by atoms with Gasteiger partial charge in [0.05, 0.1) is 24.2 Å². The molecule has 1 saturated carbocycles. The first kappa shape index (κ1) is 10.3. The van der Waals surface area contributed by atoms with Gasteiger partial charge in [0, 0.05) is 5.92 Å². The van der Waals surface area contributed by atoms with Crippen molar-refractivity contribution < 1.29 is 9.50 Å². The second-order valence-electron chi connectivity index (χ2n) is 3.96. The van der Waals surface area contributed by atoms with E-state index in [0.717, 1.165) is 12.1 Å². The van der Waals surface area contributed by atoms with Crippen molar-refractivity contribution in [3.63, 3.8) is 0 Å². The fourth-order valence-corrected chi connectivity index (χ4v) is 1.93. The van der Waals surface area contributed by atoms with Crippen molar-refractivity contribution in [3.8, 4) is 0 Å². The van der Waals surface area contributed by atoms with Crippen molar-refractivity contribution in [1.82, 2.24) is 9.97 Å². The molecule has 3 N–H and O–H groups in total. The van der Waals surface area contributed by atoms with E-state index in [2.05, 4.69) is 9.97 Å². The molecule has 1 aliphatic rings. The summed E-state index contributed by atoms with van der Waals surface area (Å²) in [6.45, 7) is 0. The summed E-state index contributed by atoms with van der Waals surface area (Å²) in [6.07, 6.45) is 2.65. The van der Waals surface area contributed by atoms with Crippen LogP contribution in [0.15, 0.2) is 12.4 Å². The number of aliphatic hydroxyl groups excluding tert-OH is 1. The van der Waals surface area contributed by atoms with Crippen LogP contribution in [0.5, 0.6) is 0 Å². The maximum absolute atomic E-state index is 13.3. The van der Waals surface area contributed by atoms with Gasteiger partial charge in [0.25, 0.3) is 0 Å². The van der Waals surface area contributed by atoms with Crippen molar-refractivity contribution in [2.24, 2.45) is 0 Å². The van der Waals surface area contributed by atoms with Gasteiger partial charge in [-0.1, -0.05) is 0 Å². The molecule has 0 radical (unpaired) electrons. The van der Waals surface area contributed by atoms with Crippen LogP contribution in [-0.4, -0.2) is 27.4 Å². The molecule has 1 fully saturated rings. The summed E-state index contributed by atoms with van der Waals surface area (Å²) < 4.78 is 13.3. The molecule has 1 aromatic heterocycles. The highest BCUT2D eigenvalue weighted by atomic mass is 19.1. The second kappa shape index (κ2) is 4.10. The lowest BCUT2D eigenvalue weighted by atomic mass is 9.84. The topological polar surface area (TPSA) is 72.0 Å². The van der Waals surface area contributed by atoms with Crippen LogP contribution in [0.4, 0.5) is 10.2 Å². The third-order valence-corrected chi connectivity index (χ3v) is 2.85. The molecule has 1 heterocycles. The number of nitrogen functional groups attached to an aromatic ring is 1. The number of aliphatic hydroxyl groups is 1. The van der Waals surface area contributed by atoms with Crippen molar-refractivity contribution in [2.45, 2.75) is 37.5 Å². The van der Waals surface area contributed by atoms with Crippen LogP contribution in [0.1, 0.15) is 30.9 Å². The van der Waals surface area contributed by atoms with Crippen molar-refractivity contribution in [1.29, 1.82) is 0 Å². The molecule has 3 atom stereocenters. The Bertz CT molecular complexity index is 330. The molecule has 0 bridgehead atoms. The van der Waals surface area contributed by atoms with Gasteiger partial charge in [0.15, 0.2) is 0 Å². The number of rotatable bonds is 1. The molecule has 0 amide bonds. The number of nitrogens with zero attached hydrogens (tertiary/aromatic N) is 2. The molecule has 2 rings (SSSR count). The summed E-state index contributed by atoms with van der Waals surface area (Å²) in [5, 5.41) is 9.26. The van der Waals surface area contributed by atoms with E-state index < -0.39 is 12.3 Å². The van der Waals surface area contributed by atoms with E-state index in [1.165, 1.54) is 6.20 Å². The molecule has 0 spiro atoms. The Balaban J connectivity index is 2.08. The smallest absolute Gasteiger partial charge is 0.141 e. The molecule has 0 saturated heterocycles. The van der Waals surface area contributed by atoms with E-state index in [0.29, 0.717) is 18.7 Å². The summed E-state index contributed by atoms with van der Waals surface area (Å²) in [7, 11) is 0. The van der Waals surface area contributed by atoms with Crippen LogP contribution in [0.3, 0.4) is 0 Å². The number of alkyl halides is 1. The number of halogens is 1. The van der Waals surface area contributed by atoms with Crippen LogP contribution in [-0.2, 0) is 0 Å². The average molecular weight is 211 g/mol. The normalized spacial score (nSPS) is 31.5. The van der Waals surface area contributed by atoms with Gasteiger partial charge in [-0.3, -0.25) is 4.98 Å². The van der Waals surface area contributed by atoms with Gasteiger partial charge in [-0.05, 0) is 19.3 Å². The molecular weight excluding hydrogens is 197 g/mol. The molecule has 1 aromatic rings. The minimum absolute atomic E-state index is 0.0523. The van der Waals surface area contributed by atoms with Gasteiger partial charge in [-0.15, -0.1) is 0 Å². The Kier molecular flexibility index (Phi) is 2.81. The highest BCUT2D eigenvalue weighted by Crippen LogP contribution is 2.33. The molecule has 5 heteroatoms. The number of nitrogens with two attached hydrogens (primary N) is 1. The monoisotopic (exact) mass is 211 g/mol. The lowest BCUT2D eigenvalue weighted by Crippen LogP contribution is -2.29. The number of aromatic nitrogens is 2. The van der Waals surface area contributed by atoms with E-state index in [1.54, 1.807) is 6.20 Å². The Morgan fingerprint density at radius 2 is 2.13 bits per heavy atom. The standard InChI is InChI=1S/C10H14FN3O/c11-7-3-6(1-2-9(7)15)8-4-14-10(12)5-13-8/h4-7,9,15H,1-3H2,(H2,12,14)/t6-,7-,9-/m0/s1. The highest BCUT2D eigenvalue weighted by molar-refractivity contribution is 5.24. The molecule has 1 aliphatic carbocycles. The van der Waals surface area contributed by atoms with E-state index in [4.69, 9.17) is 5.73 Å². The Morgan fingerprint density at radius 3 is 2.73 bits per heavy atom. The minimum Gasteiger partial charge on any atom is -0.390 e. The summed E-state index contributed by atoms with van der Waals surface area (Å²) in [5.41, 5.74) is 6.18. The van der Waals surface area contributed by atoms with E-state index in [1.807, 2.05) is 0 Å². The molecule has 4 nitrogen and oxygen atoms in total. The number of hydrogen-bond donors (Lipinski definition) is 2. The predicted molar refractivity (Wildman–Crippen MR) is 53.9 cm³/mol. The van der Waals surface area contributed by atoms with Crippen LogP contribution >= 0.6 is 0 Å². The van der Waals surface area contributed by atoms with Crippen molar-refractivity contribution >= 4 is 5.82 Å². The Hall–Kier alpha value is -1.23. The zero-order valence-electron chi connectivity index (χ0n) is 8.31. The SMILES string of the molecule is Nc1cnc([C@H]2CC[C@H](O)[C@@H](F)C2)cn1. The average Bonchev–Trinajstić information content (AvgIpc) is 2.23. The van der Waals surface area contributed by atoms with Crippen LogP contribution in [0.2, 0.25) is 0 Å². The minimum atomic E-state index is -1.15. The Labute approximate surface area is 87.4 Å². The van der Waals surface area contributed by atoms with Gasteiger partial charge in [0.2, 0.25) is 0 Å². The Morgan fingerprint density at radius 1 is 1.33 bits per heavy atom. The summed E-state index contributed by atoms with van der Waals surface area (Å²) >= 11 is 0. The van der Waals surface area contributed by atoms with Crippen molar-refractivity contribution in [3.05, 3.63) is 18.1 Å². The summed E-state index contributed by atoms with van der Waals surface area (Å²) in [5.74, 6) is 0.419. The fraction of sp³-hybridized carbons (Fsp3) is 0.600. The van der Waals surface area contributed by atoms with Crippen molar-refractivity contribution in [2.75, 3.05) is 5.73 Å². The lowest BCUT2D eigenvalue weighted by molar-refractivity contribution is 0.0363. The van der Waals surface area contributed by atoms with Gasteiger partial charge in [-0.2, -0.15) is 0 Å². The second-order valence-corrected chi connectivity index (χ2v) is 3.96. The first-order valence-corrected chi connectivity index (χ1v) is 5.06. The van der Waals surface area contributed by atoms with Gasteiger partial charge in [-0.25, -0.2) is 9.37 Å². The molecule has 0 aromatic carbocycles. The third kappa shape index (κ3) is 2.23. The molecule has 15 heavy (non-hydrogen) atoms. The van der Waals surface area contributed by atoms with Crippen LogP contribution in [0, 0.1) is 0 Å². The zero-order valence-corrected chi connectivity index (χ0v) is 8.31. The maximum Gasteiger partial charge on any atom is 0.141 e. The summed E-state index contributed by atoms with van der Waals surface area (Å²) in [4.78, 5) is 8.05. The fourth-order valence-electron chi connectivity index (χ4n) is 1.93. The van der Waals surface area contributed by atoms with E-state index >= 15 is 0 Å². The van der Waals surface area contributed by atoms with E-state index in [-0.39, 0.29) is 5.92 Å². The largest absolute Gasteiger partial charge is 0.390 e. The zero-order chi connectivity index (χ0) is 10.8. The predicted octanol–water partition coefficient (Wildman–Crippen LogP) is 1.03. The third-order valence-electron chi connectivity index (χ3n) is 2.85. The highest BCUT2D eigenvalue weighted by Gasteiger charge is 2.30.